The van der Waals surface area contributed by atoms with Gasteiger partial charge in [0.25, 0.3) is 0 Å². The zero-order chi connectivity index (χ0) is 19.7. The molecule has 4 aromatic rings. The van der Waals surface area contributed by atoms with Crippen LogP contribution in [0.5, 0.6) is 0 Å². The Labute approximate surface area is 171 Å². The molecule has 3 aromatic carbocycles. The van der Waals surface area contributed by atoms with Crippen molar-refractivity contribution in [3.05, 3.63) is 81.8 Å². The second kappa shape index (κ2) is 7.62. The zero-order valence-electron chi connectivity index (χ0n) is 15.0. The molecule has 0 aliphatic heterocycles. The van der Waals surface area contributed by atoms with E-state index in [2.05, 4.69) is 15.5 Å². The number of nitrogens with zero attached hydrogens (tertiary/aromatic N) is 3. The number of anilines is 1. The van der Waals surface area contributed by atoms with Gasteiger partial charge in [0.1, 0.15) is 11.0 Å². The van der Waals surface area contributed by atoms with Crippen molar-refractivity contribution >= 4 is 45.8 Å². The quantitative estimate of drug-likeness (QED) is 0.501. The number of aryl methyl sites for hydroxylation is 1. The highest BCUT2D eigenvalue weighted by atomic mass is 35.5. The van der Waals surface area contributed by atoms with E-state index >= 15 is 0 Å². The standard InChI is InChI=1S/C21H16Cl2N4O/c1-13-10-19-20(26-27(25-19)17-8-6-16(23)7-9-17)12-18(13)24-21(28)11-14-2-4-15(22)5-3-14/h2-10,12H,11H2,1H3,(H,24,28). The summed E-state index contributed by atoms with van der Waals surface area (Å²) < 4.78 is 0. The molecule has 0 fully saturated rings. The molecule has 1 amide bonds. The second-order valence-corrected chi connectivity index (χ2v) is 7.35. The summed E-state index contributed by atoms with van der Waals surface area (Å²) >= 11 is 11.8. The molecular weight excluding hydrogens is 395 g/mol. The van der Waals surface area contributed by atoms with Crippen LogP contribution in [-0.4, -0.2) is 20.9 Å². The first-order valence-corrected chi connectivity index (χ1v) is 9.41. The molecule has 28 heavy (non-hydrogen) atoms. The first kappa shape index (κ1) is 18.5. The summed E-state index contributed by atoms with van der Waals surface area (Å²) in [5, 5.41) is 13.3. The van der Waals surface area contributed by atoms with Crippen molar-refractivity contribution in [1.29, 1.82) is 0 Å². The molecule has 5 nitrogen and oxygen atoms in total. The van der Waals surface area contributed by atoms with Gasteiger partial charge < -0.3 is 5.32 Å². The maximum atomic E-state index is 12.4. The fourth-order valence-electron chi connectivity index (χ4n) is 2.87. The summed E-state index contributed by atoms with van der Waals surface area (Å²) in [5.74, 6) is -0.102. The van der Waals surface area contributed by atoms with Gasteiger partial charge in [0.05, 0.1) is 12.1 Å². The van der Waals surface area contributed by atoms with Crippen LogP contribution >= 0.6 is 23.2 Å². The van der Waals surface area contributed by atoms with Crippen molar-refractivity contribution in [2.24, 2.45) is 0 Å². The minimum atomic E-state index is -0.102. The Bertz CT molecular complexity index is 1150. The maximum Gasteiger partial charge on any atom is 0.228 e. The fourth-order valence-corrected chi connectivity index (χ4v) is 3.13. The summed E-state index contributed by atoms with van der Waals surface area (Å²) in [5.41, 5.74) is 4.79. The number of nitrogens with one attached hydrogen (secondary N) is 1. The van der Waals surface area contributed by atoms with Gasteiger partial charge in [-0.2, -0.15) is 4.80 Å². The van der Waals surface area contributed by atoms with Crippen molar-refractivity contribution in [3.8, 4) is 5.69 Å². The van der Waals surface area contributed by atoms with Gasteiger partial charge >= 0.3 is 0 Å². The Morgan fingerprint density at radius 1 is 0.929 bits per heavy atom. The summed E-state index contributed by atoms with van der Waals surface area (Å²) in [6, 6.07) is 18.3. The maximum absolute atomic E-state index is 12.4. The van der Waals surface area contributed by atoms with Crippen molar-refractivity contribution in [1.82, 2.24) is 15.0 Å². The molecule has 140 valence electrons. The lowest BCUT2D eigenvalue weighted by atomic mass is 10.1. The number of fused-ring (bicyclic) bond motifs is 1. The number of aromatic nitrogens is 3. The molecule has 4 rings (SSSR count). The predicted octanol–water partition coefficient (Wildman–Crippen LogP) is 5.22. The van der Waals surface area contributed by atoms with Crippen LogP contribution in [0.3, 0.4) is 0 Å². The first-order chi connectivity index (χ1) is 13.5. The molecule has 1 aromatic heterocycles. The summed E-state index contributed by atoms with van der Waals surface area (Å²) in [7, 11) is 0. The predicted molar refractivity (Wildman–Crippen MR) is 112 cm³/mol. The van der Waals surface area contributed by atoms with Gasteiger partial charge in [-0.25, -0.2) is 0 Å². The van der Waals surface area contributed by atoms with Crippen LogP contribution in [0.2, 0.25) is 10.0 Å². The van der Waals surface area contributed by atoms with E-state index in [1.165, 1.54) is 0 Å². The highest BCUT2D eigenvalue weighted by Crippen LogP contribution is 2.23. The zero-order valence-corrected chi connectivity index (χ0v) is 16.5. The van der Waals surface area contributed by atoms with Crippen LogP contribution in [0.1, 0.15) is 11.1 Å². The van der Waals surface area contributed by atoms with E-state index in [-0.39, 0.29) is 12.3 Å². The molecule has 7 heteroatoms. The summed E-state index contributed by atoms with van der Waals surface area (Å²) in [6.45, 7) is 1.93. The van der Waals surface area contributed by atoms with Crippen LogP contribution in [0.25, 0.3) is 16.7 Å². The normalized spacial score (nSPS) is 11.0. The second-order valence-electron chi connectivity index (χ2n) is 6.47. The number of hydrogen-bond acceptors (Lipinski definition) is 3. The molecule has 0 bridgehead atoms. The van der Waals surface area contributed by atoms with Crippen molar-refractivity contribution < 1.29 is 4.79 Å². The van der Waals surface area contributed by atoms with Crippen molar-refractivity contribution in [2.75, 3.05) is 5.32 Å². The van der Waals surface area contributed by atoms with Gasteiger partial charge in [0.2, 0.25) is 5.91 Å². The first-order valence-electron chi connectivity index (χ1n) is 8.66. The molecule has 0 atom stereocenters. The van der Waals surface area contributed by atoms with Crippen LogP contribution in [-0.2, 0) is 11.2 Å². The molecule has 0 saturated carbocycles. The molecule has 0 unspecified atom stereocenters. The Morgan fingerprint density at radius 3 is 2.14 bits per heavy atom. The third-order valence-corrected chi connectivity index (χ3v) is 4.84. The number of carbonyl (C=O) groups excluding carboxylic acids is 1. The van der Waals surface area contributed by atoms with Gasteiger partial charge in [-0.3, -0.25) is 4.79 Å². The average Bonchev–Trinajstić information content (AvgIpc) is 3.07. The smallest absolute Gasteiger partial charge is 0.228 e. The average molecular weight is 411 g/mol. The van der Waals surface area contributed by atoms with E-state index in [4.69, 9.17) is 23.2 Å². The highest BCUT2D eigenvalue weighted by Gasteiger charge is 2.11. The molecular formula is C21H16Cl2N4O. The Hall–Kier alpha value is -2.89. The molecule has 0 radical (unpaired) electrons. The van der Waals surface area contributed by atoms with Crippen LogP contribution in [0.15, 0.2) is 60.7 Å². The van der Waals surface area contributed by atoms with Crippen LogP contribution < -0.4 is 5.32 Å². The molecule has 1 N–H and O–H groups in total. The Balaban J connectivity index is 1.57. The molecule has 1 heterocycles. The number of carbonyl (C=O) groups is 1. The Morgan fingerprint density at radius 2 is 1.50 bits per heavy atom. The van der Waals surface area contributed by atoms with E-state index in [9.17, 15) is 4.79 Å². The molecule has 0 spiro atoms. The molecule has 0 aliphatic rings. The Kier molecular flexibility index (Phi) is 5.03. The molecule has 0 saturated heterocycles. The summed E-state index contributed by atoms with van der Waals surface area (Å²) in [6.07, 6.45) is 0.270. The van der Waals surface area contributed by atoms with Gasteiger partial charge in [-0.1, -0.05) is 35.3 Å². The van der Waals surface area contributed by atoms with Crippen molar-refractivity contribution in [2.45, 2.75) is 13.3 Å². The lowest BCUT2D eigenvalue weighted by Crippen LogP contribution is -2.15. The fraction of sp³-hybridized carbons (Fsp3) is 0.0952. The van der Waals surface area contributed by atoms with E-state index in [0.29, 0.717) is 15.6 Å². The highest BCUT2D eigenvalue weighted by molar-refractivity contribution is 6.30. The minimum Gasteiger partial charge on any atom is -0.325 e. The van der Waals surface area contributed by atoms with E-state index in [1.54, 1.807) is 29.1 Å². The lowest BCUT2D eigenvalue weighted by molar-refractivity contribution is -0.115. The number of halogens is 2. The third kappa shape index (κ3) is 4.01. The lowest BCUT2D eigenvalue weighted by Gasteiger charge is -2.08. The number of rotatable bonds is 4. The van der Waals surface area contributed by atoms with Gasteiger partial charge in [0, 0.05) is 15.7 Å². The van der Waals surface area contributed by atoms with E-state index < -0.39 is 0 Å². The van der Waals surface area contributed by atoms with Crippen LogP contribution in [0, 0.1) is 6.92 Å². The number of hydrogen-bond donors (Lipinski definition) is 1. The third-order valence-electron chi connectivity index (χ3n) is 4.34. The van der Waals surface area contributed by atoms with Crippen LogP contribution in [0.4, 0.5) is 5.69 Å². The topological polar surface area (TPSA) is 59.8 Å². The molecule has 0 aliphatic carbocycles. The van der Waals surface area contributed by atoms with E-state index in [0.717, 1.165) is 28.0 Å². The van der Waals surface area contributed by atoms with Gasteiger partial charge in [-0.05, 0) is 66.6 Å². The van der Waals surface area contributed by atoms with E-state index in [1.807, 2.05) is 43.3 Å². The monoisotopic (exact) mass is 410 g/mol. The largest absolute Gasteiger partial charge is 0.325 e. The van der Waals surface area contributed by atoms with Crippen molar-refractivity contribution in [3.63, 3.8) is 0 Å². The van der Waals surface area contributed by atoms with Gasteiger partial charge in [0.15, 0.2) is 0 Å². The number of benzene rings is 3. The van der Waals surface area contributed by atoms with Gasteiger partial charge in [-0.15, -0.1) is 10.2 Å². The number of amides is 1. The minimum absolute atomic E-state index is 0.102. The SMILES string of the molecule is Cc1cc2nn(-c3ccc(Cl)cc3)nc2cc1NC(=O)Cc1ccc(Cl)cc1. The summed E-state index contributed by atoms with van der Waals surface area (Å²) in [4.78, 5) is 14.0.